The molecule has 0 spiro atoms. The predicted molar refractivity (Wildman–Crippen MR) is 107 cm³/mol. The minimum atomic E-state index is -0.00689. The number of fused-ring (bicyclic) bond motifs is 1. The molecule has 5 rings (SSSR count). The van der Waals surface area contributed by atoms with Crippen LogP contribution in [0.1, 0.15) is 34.3 Å². The molecule has 0 aromatic carbocycles. The lowest BCUT2D eigenvalue weighted by molar-refractivity contribution is 0.0729. The van der Waals surface area contributed by atoms with E-state index in [0.717, 1.165) is 35.1 Å². The van der Waals surface area contributed by atoms with Gasteiger partial charge in [-0.05, 0) is 30.5 Å². The third-order valence-corrected chi connectivity index (χ3v) is 5.14. The first-order valence-corrected chi connectivity index (χ1v) is 9.65. The third kappa shape index (κ3) is 3.61. The Morgan fingerprint density at radius 3 is 2.83 bits per heavy atom. The van der Waals surface area contributed by atoms with E-state index in [4.69, 9.17) is 0 Å². The predicted octanol–water partition coefficient (Wildman–Crippen LogP) is 2.41. The number of aromatic nitrogens is 6. The number of carbonyl (C=O) groups is 1. The van der Waals surface area contributed by atoms with Crippen LogP contribution in [-0.2, 0) is 20.1 Å². The van der Waals surface area contributed by atoms with Crippen molar-refractivity contribution in [3.63, 3.8) is 0 Å². The van der Waals surface area contributed by atoms with Gasteiger partial charge >= 0.3 is 0 Å². The van der Waals surface area contributed by atoms with Crippen molar-refractivity contribution >= 4 is 17.1 Å². The molecule has 0 atom stereocenters. The Labute approximate surface area is 167 Å². The van der Waals surface area contributed by atoms with E-state index in [1.807, 2.05) is 53.3 Å². The highest BCUT2D eigenvalue weighted by atomic mass is 16.2. The third-order valence-electron chi connectivity index (χ3n) is 5.14. The molecular formula is C21H21N7O. The SMILES string of the molecule is Cn1cc(CN(C(=O)c2cnc3c(c2)ncn3Cc2cccnc2)C2CC2)cn1. The van der Waals surface area contributed by atoms with E-state index in [-0.39, 0.29) is 5.91 Å². The molecule has 8 nitrogen and oxygen atoms in total. The second-order valence-corrected chi connectivity index (χ2v) is 7.49. The average Bonchev–Trinajstić information content (AvgIpc) is 3.39. The number of hydrogen-bond acceptors (Lipinski definition) is 5. The van der Waals surface area contributed by atoms with Gasteiger partial charge in [0.15, 0.2) is 5.65 Å². The molecule has 0 unspecified atom stereocenters. The molecule has 1 aliphatic carbocycles. The summed E-state index contributed by atoms with van der Waals surface area (Å²) in [6, 6.07) is 6.06. The molecule has 29 heavy (non-hydrogen) atoms. The van der Waals surface area contributed by atoms with E-state index < -0.39 is 0 Å². The van der Waals surface area contributed by atoms with Crippen LogP contribution in [0.3, 0.4) is 0 Å². The van der Waals surface area contributed by atoms with Gasteiger partial charge in [-0.25, -0.2) is 9.97 Å². The van der Waals surface area contributed by atoms with Gasteiger partial charge in [-0.3, -0.25) is 14.5 Å². The Kier molecular flexibility index (Phi) is 4.31. The molecule has 1 aliphatic rings. The summed E-state index contributed by atoms with van der Waals surface area (Å²) in [5.74, 6) is -0.00689. The number of imidazole rings is 1. The molecule has 0 aliphatic heterocycles. The van der Waals surface area contributed by atoms with Crippen molar-refractivity contribution in [1.82, 2.24) is 34.2 Å². The molecule has 1 fully saturated rings. The second kappa shape index (κ2) is 7.12. The number of aryl methyl sites for hydroxylation is 1. The van der Waals surface area contributed by atoms with Gasteiger partial charge < -0.3 is 9.47 Å². The number of nitrogens with zero attached hydrogens (tertiary/aromatic N) is 7. The van der Waals surface area contributed by atoms with Gasteiger partial charge in [0, 0.05) is 50.0 Å². The highest BCUT2D eigenvalue weighted by Gasteiger charge is 2.33. The average molecular weight is 387 g/mol. The largest absolute Gasteiger partial charge is 0.331 e. The van der Waals surface area contributed by atoms with E-state index >= 15 is 0 Å². The van der Waals surface area contributed by atoms with E-state index in [9.17, 15) is 4.79 Å². The molecule has 4 aromatic rings. The number of hydrogen-bond donors (Lipinski definition) is 0. The zero-order valence-electron chi connectivity index (χ0n) is 16.1. The normalized spacial score (nSPS) is 13.7. The lowest BCUT2D eigenvalue weighted by Crippen LogP contribution is -2.32. The zero-order chi connectivity index (χ0) is 19.8. The van der Waals surface area contributed by atoms with Crippen molar-refractivity contribution in [3.8, 4) is 0 Å². The molecule has 8 heteroatoms. The second-order valence-electron chi connectivity index (χ2n) is 7.49. The van der Waals surface area contributed by atoms with Crippen LogP contribution in [0.5, 0.6) is 0 Å². The molecule has 4 aromatic heterocycles. The van der Waals surface area contributed by atoms with Gasteiger partial charge in [-0.15, -0.1) is 0 Å². The van der Waals surface area contributed by atoms with Crippen molar-refractivity contribution in [3.05, 3.63) is 72.2 Å². The summed E-state index contributed by atoms with van der Waals surface area (Å²) < 4.78 is 3.72. The van der Waals surface area contributed by atoms with Crippen molar-refractivity contribution in [1.29, 1.82) is 0 Å². The van der Waals surface area contributed by atoms with Crippen LogP contribution in [0.25, 0.3) is 11.2 Å². The van der Waals surface area contributed by atoms with Gasteiger partial charge in [0.05, 0.1) is 24.6 Å². The summed E-state index contributed by atoms with van der Waals surface area (Å²) in [5, 5.41) is 4.21. The van der Waals surface area contributed by atoms with E-state index in [1.54, 1.807) is 23.4 Å². The Hall–Kier alpha value is -3.55. The molecule has 0 saturated heterocycles. The highest BCUT2D eigenvalue weighted by Crippen LogP contribution is 2.30. The topological polar surface area (TPSA) is 81.7 Å². The molecule has 0 radical (unpaired) electrons. The fourth-order valence-corrected chi connectivity index (χ4v) is 3.54. The van der Waals surface area contributed by atoms with E-state index in [1.165, 1.54) is 0 Å². The minimum Gasteiger partial charge on any atom is -0.331 e. The Morgan fingerprint density at radius 2 is 2.10 bits per heavy atom. The van der Waals surface area contributed by atoms with Crippen molar-refractivity contribution in [2.24, 2.45) is 7.05 Å². The molecule has 0 bridgehead atoms. The first-order valence-electron chi connectivity index (χ1n) is 9.65. The maximum absolute atomic E-state index is 13.2. The van der Waals surface area contributed by atoms with E-state index in [0.29, 0.717) is 24.7 Å². The van der Waals surface area contributed by atoms with Crippen LogP contribution in [0.4, 0.5) is 0 Å². The molecule has 0 N–H and O–H groups in total. The standard InChI is InChI=1S/C21H21N7O/c1-26-11-16(9-25-26)13-28(18-4-5-18)21(29)17-7-19-20(23-10-17)27(14-24-19)12-15-3-2-6-22-8-15/h2-3,6-11,14,18H,4-5,12-13H2,1H3. The molecule has 4 heterocycles. The Bertz CT molecular complexity index is 1160. The fourth-order valence-electron chi connectivity index (χ4n) is 3.54. The summed E-state index contributed by atoms with van der Waals surface area (Å²) in [6.07, 6.45) is 12.8. The van der Waals surface area contributed by atoms with Gasteiger partial charge in [0.1, 0.15) is 5.52 Å². The summed E-state index contributed by atoms with van der Waals surface area (Å²) in [4.78, 5) is 28.3. The number of carbonyl (C=O) groups excluding carboxylic acids is 1. The van der Waals surface area contributed by atoms with Gasteiger partial charge in [0.25, 0.3) is 5.91 Å². The minimum absolute atomic E-state index is 0.00689. The Morgan fingerprint density at radius 1 is 1.21 bits per heavy atom. The Balaban J connectivity index is 1.40. The maximum Gasteiger partial charge on any atom is 0.256 e. The fraction of sp³-hybridized carbons (Fsp3) is 0.286. The van der Waals surface area contributed by atoms with Crippen molar-refractivity contribution in [2.45, 2.75) is 32.0 Å². The monoisotopic (exact) mass is 387 g/mol. The van der Waals surface area contributed by atoms with Crippen LogP contribution >= 0.6 is 0 Å². The number of rotatable bonds is 6. The van der Waals surface area contributed by atoms with Gasteiger partial charge in [-0.1, -0.05) is 6.07 Å². The van der Waals surface area contributed by atoms with Crippen LogP contribution in [0.2, 0.25) is 0 Å². The first-order chi connectivity index (χ1) is 14.2. The van der Waals surface area contributed by atoms with Gasteiger partial charge in [-0.2, -0.15) is 5.10 Å². The van der Waals surface area contributed by atoms with Gasteiger partial charge in [0.2, 0.25) is 0 Å². The lowest BCUT2D eigenvalue weighted by atomic mass is 10.2. The summed E-state index contributed by atoms with van der Waals surface area (Å²) >= 11 is 0. The van der Waals surface area contributed by atoms with Crippen LogP contribution < -0.4 is 0 Å². The maximum atomic E-state index is 13.2. The highest BCUT2D eigenvalue weighted by molar-refractivity contribution is 5.96. The molecule has 1 saturated carbocycles. The lowest BCUT2D eigenvalue weighted by Gasteiger charge is -2.21. The van der Waals surface area contributed by atoms with Crippen molar-refractivity contribution < 1.29 is 4.79 Å². The summed E-state index contributed by atoms with van der Waals surface area (Å²) in [7, 11) is 1.88. The molecule has 1 amide bonds. The molecule has 146 valence electrons. The quantitative estimate of drug-likeness (QED) is 0.507. The summed E-state index contributed by atoms with van der Waals surface area (Å²) in [5.41, 5.74) is 4.15. The smallest absolute Gasteiger partial charge is 0.256 e. The zero-order valence-corrected chi connectivity index (χ0v) is 16.1. The van der Waals surface area contributed by atoms with Crippen LogP contribution in [0.15, 0.2) is 55.5 Å². The molecular weight excluding hydrogens is 366 g/mol. The first kappa shape index (κ1) is 17.5. The number of amides is 1. The summed E-state index contributed by atoms with van der Waals surface area (Å²) in [6.45, 7) is 1.20. The van der Waals surface area contributed by atoms with Crippen molar-refractivity contribution in [2.75, 3.05) is 0 Å². The van der Waals surface area contributed by atoms with Crippen LogP contribution in [0, 0.1) is 0 Å². The number of pyridine rings is 2. The van der Waals surface area contributed by atoms with Crippen LogP contribution in [-0.4, -0.2) is 46.1 Å². The van der Waals surface area contributed by atoms with E-state index in [2.05, 4.69) is 20.1 Å².